The molecule has 1 aliphatic heterocycles. The standard InChI is InChI=1S/C12H22OS/c1-10(2,3)12(11(4,5)6)7-9(13)14-8-12/h7-8H2,1-6H3. The van der Waals surface area contributed by atoms with Crippen LogP contribution in [0.2, 0.25) is 0 Å². The van der Waals surface area contributed by atoms with Crippen molar-refractivity contribution in [1.82, 2.24) is 0 Å². The monoisotopic (exact) mass is 214 g/mol. The molecule has 1 heterocycles. The summed E-state index contributed by atoms with van der Waals surface area (Å²) in [6.45, 7) is 13.6. The van der Waals surface area contributed by atoms with Gasteiger partial charge < -0.3 is 0 Å². The summed E-state index contributed by atoms with van der Waals surface area (Å²) in [5.41, 5.74) is 0.552. The number of hydrogen-bond donors (Lipinski definition) is 0. The Labute approximate surface area is 92.0 Å². The van der Waals surface area contributed by atoms with E-state index in [2.05, 4.69) is 41.5 Å². The minimum Gasteiger partial charge on any atom is -0.287 e. The van der Waals surface area contributed by atoms with Crippen LogP contribution in [0.15, 0.2) is 0 Å². The molecule has 0 aromatic carbocycles. The fraction of sp³-hybridized carbons (Fsp3) is 0.917. The maximum atomic E-state index is 11.5. The predicted molar refractivity (Wildman–Crippen MR) is 63.4 cm³/mol. The van der Waals surface area contributed by atoms with Gasteiger partial charge in [0.1, 0.15) is 0 Å². The molecule has 0 aromatic heterocycles. The van der Waals surface area contributed by atoms with Crippen molar-refractivity contribution in [2.24, 2.45) is 16.2 Å². The molecule has 0 saturated carbocycles. The summed E-state index contributed by atoms with van der Waals surface area (Å²) in [6, 6.07) is 0. The van der Waals surface area contributed by atoms with Crippen LogP contribution in [-0.4, -0.2) is 10.9 Å². The van der Waals surface area contributed by atoms with Crippen LogP contribution in [0.1, 0.15) is 48.0 Å². The molecule has 14 heavy (non-hydrogen) atoms. The van der Waals surface area contributed by atoms with E-state index in [1.165, 1.54) is 11.8 Å². The maximum absolute atomic E-state index is 11.5. The van der Waals surface area contributed by atoms with Gasteiger partial charge in [0.05, 0.1) is 0 Å². The fourth-order valence-corrected chi connectivity index (χ4v) is 4.36. The molecule has 0 radical (unpaired) electrons. The highest BCUT2D eigenvalue weighted by Crippen LogP contribution is 2.59. The van der Waals surface area contributed by atoms with Crippen molar-refractivity contribution < 1.29 is 4.79 Å². The third-order valence-electron chi connectivity index (χ3n) is 3.80. The molecule has 82 valence electrons. The highest BCUT2D eigenvalue weighted by molar-refractivity contribution is 8.14. The molecule has 1 rings (SSSR count). The first-order valence-corrected chi connectivity index (χ1v) is 6.24. The lowest BCUT2D eigenvalue weighted by atomic mass is 9.54. The van der Waals surface area contributed by atoms with Gasteiger partial charge in [0.2, 0.25) is 0 Å². The predicted octanol–water partition coefficient (Wildman–Crippen LogP) is 3.73. The molecule has 0 aromatic rings. The number of carbonyl (C=O) groups excluding carboxylic acids is 1. The van der Waals surface area contributed by atoms with Crippen molar-refractivity contribution in [1.29, 1.82) is 0 Å². The molecule has 0 spiro atoms. The number of thioether (sulfide) groups is 1. The second-order valence-electron chi connectivity index (χ2n) is 6.42. The average Bonchev–Trinajstić information content (AvgIpc) is 2.28. The quantitative estimate of drug-likeness (QED) is 0.611. The summed E-state index contributed by atoms with van der Waals surface area (Å²) in [6.07, 6.45) is 0.741. The van der Waals surface area contributed by atoms with Gasteiger partial charge in [-0.25, -0.2) is 0 Å². The zero-order valence-corrected chi connectivity index (χ0v) is 11.0. The molecule has 1 fully saturated rings. The Balaban J connectivity index is 3.12. The minimum atomic E-state index is 0.155. The first kappa shape index (κ1) is 12.1. The van der Waals surface area contributed by atoms with Crippen molar-refractivity contribution in [2.45, 2.75) is 48.0 Å². The normalized spacial score (nSPS) is 22.9. The summed E-state index contributed by atoms with van der Waals surface area (Å²) in [5, 5.41) is 0.370. The van der Waals surface area contributed by atoms with Crippen LogP contribution in [0, 0.1) is 16.2 Å². The molecular formula is C12H22OS. The molecule has 0 amide bonds. The molecular weight excluding hydrogens is 192 g/mol. The second kappa shape index (κ2) is 3.26. The molecule has 1 saturated heterocycles. The van der Waals surface area contributed by atoms with E-state index >= 15 is 0 Å². The third kappa shape index (κ3) is 1.73. The van der Waals surface area contributed by atoms with E-state index in [9.17, 15) is 4.79 Å². The van der Waals surface area contributed by atoms with E-state index in [1.807, 2.05) is 0 Å². The highest BCUT2D eigenvalue weighted by atomic mass is 32.2. The van der Waals surface area contributed by atoms with Crippen molar-refractivity contribution in [3.63, 3.8) is 0 Å². The van der Waals surface area contributed by atoms with Crippen molar-refractivity contribution >= 4 is 16.9 Å². The lowest BCUT2D eigenvalue weighted by Gasteiger charge is -2.50. The Hall–Kier alpha value is 0.0200. The topological polar surface area (TPSA) is 17.1 Å². The van der Waals surface area contributed by atoms with Crippen LogP contribution in [-0.2, 0) is 4.79 Å². The van der Waals surface area contributed by atoms with Gasteiger partial charge in [-0.15, -0.1) is 0 Å². The third-order valence-corrected chi connectivity index (χ3v) is 4.90. The van der Waals surface area contributed by atoms with Crippen molar-refractivity contribution in [3.8, 4) is 0 Å². The van der Waals surface area contributed by atoms with E-state index in [0.29, 0.717) is 5.12 Å². The minimum absolute atomic E-state index is 0.155. The van der Waals surface area contributed by atoms with E-state index in [4.69, 9.17) is 0 Å². The first-order valence-electron chi connectivity index (χ1n) is 5.26. The molecule has 0 atom stereocenters. The second-order valence-corrected chi connectivity index (χ2v) is 7.45. The fourth-order valence-electron chi connectivity index (χ4n) is 2.64. The van der Waals surface area contributed by atoms with Gasteiger partial charge in [-0.05, 0) is 16.2 Å². The van der Waals surface area contributed by atoms with Crippen LogP contribution in [0.3, 0.4) is 0 Å². The van der Waals surface area contributed by atoms with Gasteiger partial charge in [-0.1, -0.05) is 53.3 Å². The Morgan fingerprint density at radius 3 is 1.64 bits per heavy atom. The number of rotatable bonds is 0. The van der Waals surface area contributed by atoms with Gasteiger partial charge in [0.15, 0.2) is 5.12 Å². The summed E-state index contributed by atoms with van der Waals surface area (Å²) in [7, 11) is 0. The van der Waals surface area contributed by atoms with E-state index < -0.39 is 0 Å². The van der Waals surface area contributed by atoms with E-state index in [1.54, 1.807) is 0 Å². The van der Waals surface area contributed by atoms with Crippen LogP contribution in [0.25, 0.3) is 0 Å². The zero-order chi connectivity index (χ0) is 11.2. The lowest BCUT2D eigenvalue weighted by Crippen LogP contribution is -2.46. The summed E-state index contributed by atoms with van der Waals surface area (Å²) >= 11 is 1.52. The van der Waals surface area contributed by atoms with Gasteiger partial charge >= 0.3 is 0 Å². The Kier molecular flexibility index (Phi) is 2.82. The Morgan fingerprint density at radius 2 is 1.50 bits per heavy atom. The van der Waals surface area contributed by atoms with Gasteiger partial charge in [-0.3, -0.25) is 4.79 Å². The SMILES string of the molecule is CC(C)(C)C1(C(C)(C)C)CSC(=O)C1. The zero-order valence-electron chi connectivity index (χ0n) is 10.2. The molecule has 2 heteroatoms. The average molecular weight is 214 g/mol. The van der Waals surface area contributed by atoms with Crippen LogP contribution in [0.5, 0.6) is 0 Å². The summed E-state index contributed by atoms with van der Waals surface area (Å²) in [4.78, 5) is 11.5. The molecule has 0 unspecified atom stereocenters. The molecule has 0 bridgehead atoms. The molecule has 1 nitrogen and oxygen atoms in total. The van der Waals surface area contributed by atoms with Crippen molar-refractivity contribution in [3.05, 3.63) is 0 Å². The maximum Gasteiger partial charge on any atom is 0.189 e. The van der Waals surface area contributed by atoms with Crippen LogP contribution >= 0.6 is 11.8 Å². The van der Waals surface area contributed by atoms with Gasteiger partial charge in [0.25, 0.3) is 0 Å². The van der Waals surface area contributed by atoms with Gasteiger partial charge in [0, 0.05) is 12.2 Å². The van der Waals surface area contributed by atoms with Crippen LogP contribution in [0.4, 0.5) is 0 Å². The lowest BCUT2D eigenvalue weighted by molar-refractivity contribution is -0.116. The van der Waals surface area contributed by atoms with E-state index in [0.717, 1.165) is 12.2 Å². The summed E-state index contributed by atoms with van der Waals surface area (Å²) in [5.74, 6) is 0.985. The number of carbonyl (C=O) groups is 1. The van der Waals surface area contributed by atoms with E-state index in [-0.39, 0.29) is 16.2 Å². The molecule has 0 N–H and O–H groups in total. The van der Waals surface area contributed by atoms with Gasteiger partial charge in [-0.2, -0.15) is 0 Å². The van der Waals surface area contributed by atoms with Crippen LogP contribution < -0.4 is 0 Å². The Bertz CT molecular complexity index is 228. The smallest absolute Gasteiger partial charge is 0.189 e. The Morgan fingerprint density at radius 1 is 1.07 bits per heavy atom. The summed E-state index contributed by atoms with van der Waals surface area (Å²) < 4.78 is 0. The molecule has 0 aliphatic carbocycles. The largest absolute Gasteiger partial charge is 0.287 e. The highest BCUT2D eigenvalue weighted by Gasteiger charge is 2.54. The number of hydrogen-bond acceptors (Lipinski definition) is 2. The molecule has 1 aliphatic rings. The van der Waals surface area contributed by atoms with Crippen molar-refractivity contribution in [2.75, 3.05) is 5.75 Å². The first-order chi connectivity index (χ1) is 6.10.